The van der Waals surface area contributed by atoms with Crippen molar-refractivity contribution in [3.63, 3.8) is 0 Å². The van der Waals surface area contributed by atoms with Gasteiger partial charge >= 0.3 is 0 Å². The summed E-state index contributed by atoms with van der Waals surface area (Å²) in [4.78, 5) is 9.45. The molecule has 0 aliphatic heterocycles. The molecule has 1 aromatic carbocycles. The van der Waals surface area contributed by atoms with Crippen LogP contribution in [0.15, 0.2) is 24.3 Å². The van der Waals surface area contributed by atoms with Crippen molar-refractivity contribution in [1.29, 1.82) is 0 Å². The molecule has 0 saturated heterocycles. The number of hydrogen-bond acceptors (Lipinski definition) is 4. The van der Waals surface area contributed by atoms with Crippen LogP contribution < -0.4 is 5.32 Å². The fourth-order valence-corrected chi connectivity index (χ4v) is 2.68. The Morgan fingerprint density at radius 3 is 2.42 bits per heavy atom. The maximum Gasteiger partial charge on any atom is 0.168 e. The Bertz CT molecular complexity index is 846. The molecule has 0 bridgehead atoms. The second-order valence-electron chi connectivity index (χ2n) is 6.65. The van der Waals surface area contributed by atoms with Gasteiger partial charge in [0.1, 0.15) is 11.6 Å². The lowest BCUT2D eigenvalue weighted by Gasteiger charge is -2.11. The van der Waals surface area contributed by atoms with E-state index in [9.17, 15) is 0 Å². The summed E-state index contributed by atoms with van der Waals surface area (Å²) in [6.45, 7) is 11.4. The molecule has 5 nitrogen and oxygen atoms in total. The predicted molar refractivity (Wildman–Crippen MR) is 98.8 cm³/mol. The van der Waals surface area contributed by atoms with Crippen LogP contribution in [-0.2, 0) is 6.42 Å². The summed E-state index contributed by atoms with van der Waals surface area (Å²) < 4.78 is 1.92. The third-order valence-corrected chi connectivity index (χ3v) is 4.02. The molecule has 1 N–H and O–H groups in total. The van der Waals surface area contributed by atoms with Gasteiger partial charge in [-0.2, -0.15) is 5.10 Å². The maximum atomic E-state index is 4.75. The van der Waals surface area contributed by atoms with Gasteiger partial charge in [-0.3, -0.25) is 0 Å². The van der Waals surface area contributed by atoms with Gasteiger partial charge in [0.25, 0.3) is 0 Å². The van der Waals surface area contributed by atoms with Crippen LogP contribution in [0.1, 0.15) is 37.9 Å². The number of nitrogens with zero attached hydrogens (tertiary/aromatic N) is 4. The lowest BCUT2D eigenvalue weighted by Crippen LogP contribution is -2.11. The molecule has 0 saturated carbocycles. The molecule has 5 heteroatoms. The Kier molecular flexibility index (Phi) is 4.51. The molecule has 0 amide bonds. The van der Waals surface area contributed by atoms with Crippen LogP contribution in [-0.4, -0.2) is 26.3 Å². The summed E-state index contributed by atoms with van der Waals surface area (Å²) in [6, 6.07) is 8.35. The van der Waals surface area contributed by atoms with Crippen LogP contribution in [0.4, 0.5) is 5.82 Å². The molecule has 0 atom stereocenters. The van der Waals surface area contributed by atoms with Gasteiger partial charge in [0.15, 0.2) is 5.65 Å². The molecule has 0 aliphatic carbocycles. The molecule has 24 heavy (non-hydrogen) atoms. The summed E-state index contributed by atoms with van der Waals surface area (Å²) in [5.41, 5.74) is 4.07. The van der Waals surface area contributed by atoms with E-state index in [0.717, 1.165) is 47.0 Å². The van der Waals surface area contributed by atoms with Crippen LogP contribution in [0.2, 0.25) is 0 Å². The van der Waals surface area contributed by atoms with Crippen molar-refractivity contribution in [2.24, 2.45) is 5.92 Å². The number of aromatic nitrogens is 4. The first-order valence-electron chi connectivity index (χ1n) is 8.56. The summed E-state index contributed by atoms with van der Waals surface area (Å²) >= 11 is 0. The van der Waals surface area contributed by atoms with Gasteiger partial charge in [0.05, 0.1) is 16.8 Å². The smallest absolute Gasteiger partial charge is 0.168 e. The Labute approximate surface area is 143 Å². The molecule has 2 aromatic heterocycles. The highest BCUT2D eigenvalue weighted by atomic mass is 15.3. The SMILES string of the molecule is CCc1nc(NCC(C)C)c2c(C)nn(-c3ccc(C)cc3)c2n1. The lowest BCUT2D eigenvalue weighted by molar-refractivity contribution is 0.687. The molecule has 0 spiro atoms. The Morgan fingerprint density at radius 2 is 1.79 bits per heavy atom. The van der Waals surface area contributed by atoms with Crippen molar-refractivity contribution in [1.82, 2.24) is 19.7 Å². The van der Waals surface area contributed by atoms with E-state index in [-0.39, 0.29) is 0 Å². The van der Waals surface area contributed by atoms with Crippen molar-refractivity contribution in [3.05, 3.63) is 41.3 Å². The zero-order valence-corrected chi connectivity index (χ0v) is 15.1. The Morgan fingerprint density at radius 1 is 1.08 bits per heavy atom. The Hall–Kier alpha value is -2.43. The van der Waals surface area contributed by atoms with E-state index in [1.165, 1.54) is 5.56 Å². The third kappa shape index (κ3) is 3.11. The number of anilines is 1. The van der Waals surface area contributed by atoms with E-state index in [2.05, 4.69) is 57.3 Å². The molecule has 0 fully saturated rings. The molecular weight excluding hydrogens is 298 g/mol. The predicted octanol–water partition coefficient (Wildman–Crippen LogP) is 4.06. The van der Waals surface area contributed by atoms with Gasteiger partial charge in [0.2, 0.25) is 0 Å². The highest BCUT2D eigenvalue weighted by Gasteiger charge is 2.17. The van der Waals surface area contributed by atoms with E-state index in [0.29, 0.717) is 5.92 Å². The largest absolute Gasteiger partial charge is 0.369 e. The zero-order chi connectivity index (χ0) is 17.3. The molecule has 126 valence electrons. The molecular formula is C19H25N5. The lowest BCUT2D eigenvalue weighted by atomic mass is 10.2. The van der Waals surface area contributed by atoms with Gasteiger partial charge in [-0.05, 0) is 31.9 Å². The average molecular weight is 323 g/mol. The third-order valence-electron chi connectivity index (χ3n) is 4.02. The van der Waals surface area contributed by atoms with Crippen LogP contribution in [0.25, 0.3) is 16.7 Å². The summed E-state index contributed by atoms with van der Waals surface area (Å²) in [6.07, 6.45) is 0.796. The van der Waals surface area contributed by atoms with Crippen molar-refractivity contribution in [2.45, 2.75) is 41.0 Å². The number of aryl methyl sites for hydroxylation is 3. The number of fused-ring (bicyclic) bond motifs is 1. The molecule has 3 rings (SSSR count). The number of benzene rings is 1. The molecule has 0 aliphatic rings. The van der Waals surface area contributed by atoms with Gasteiger partial charge in [-0.15, -0.1) is 0 Å². The van der Waals surface area contributed by atoms with Crippen molar-refractivity contribution < 1.29 is 0 Å². The molecule has 2 heterocycles. The fourth-order valence-electron chi connectivity index (χ4n) is 2.68. The van der Waals surface area contributed by atoms with E-state index in [1.807, 2.05) is 11.6 Å². The Balaban J connectivity index is 2.18. The number of rotatable bonds is 5. The monoisotopic (exact) mass is 323 g/mol. The summed E-state index contributed by atoms with van der Waals surface area (Å²) in [5.74, 6) is 2.27. The minimum Gasteiger partial charge on any atom is -0.369 e. The van der Waals surface area contributed by atoms with Crippen LogP contribution in [0, 0.1) is 19.8 Å². The van der Waals surface area contributed by atoms with Gasteiger partial charge < -0.3 is 5.32 Å². The van der Waals surface area contributed by atoms with Crippen LogP contribution in [0.5, 0.6) is 0 Å². The highest BCUT2D eigenvalue weighted by molar-refractivity contribution is 5.90. The zero-order valence-electron chi connectivity index (χ0n) is 15.1. The van der Waals surface area contributed by atoms with E-state index < -0.39 is 0 Å². The first kappa shape index (κ1) is 16.4. The standard InChI is InChI=1S/C19H25N5/c1-6-16-21-18(20-11-12(2)3)17-14(5)23-24(19(17)22-16)15-9-7-13(4)8-10-15/h7-10,12H,6,11H2,1-5H3,(H,20,21,22). The van der Waals surface area contributed by atoms with Crippen molar-refractivity contribution in [2.75, 3.05) is 11.9 Å². The summed E-state index contributed by atoms with van der Waals surface area (Å²) in [7, 11) is 0. The first-order valence-corrected chi connectivity index (χ1v) is 8.56. The normalized spacial score (nSPS) is 11.4. The molecule has 0 unspecified atom stereocenters. The van der Waals surface area contributed by atoms with Crippen LogP contribution in [0.3, 0.4) is 0 Å². The van der Waals surface area contributed by atoms with Crippen molar-refractivity contribution in [3.8, 4) is 5.69 Å². The molecule has 0 radical (unpaired) electrons. The number of nitrogens with one attached hydrogen (secondary N) is 1. The topological polar surface area (TPSA) is 55.6 Å². The van der Waals surface area contributed by atoms with Gasteiger partial charge in [-0.25, -0.2) is 14.6 Å². The van der Waals surface area contributed by atoms with Crippen LogP contribution >= 0.6 is 0 Å². The fraction of sp³-hybridized carbons (Fsp3) is 0.421. The highest BCUT2D eigenvalue weighted by Crippen LogP contribution is 2.26. The first-order chi connectivity index (χ1) is 11.5. The van der Waals surface area contributed by atoms with Gasteiger partial charge in [0, 0.05) is 13.0 Å². The quantitative estimate of drug-likeness (QED) is 0.769. The number of hydrogen-bond donors (Lipinski definition) is 1. The van der Waals surface area contributed by atoms with E-state index >= 15 is 0 Å². The summed E-state index contributed by atoms with van der Waals surface area (Å²) in [5, 5.41) is 9.21. The van der Waals surface area contributed by atoms with Gasteiger partial charge in [-0.1, -0.05) is 38.5 Å². The minimum absolute atomic E-state index is 0.549. The molecule has 3 aromatic rings. The maximum absolute atomic E-state index is 4.75. The second kappa shape index (κ2) is 6.59. The average Bonchev–Trinajstić information content (AvgIpc) is 2.90. The van der Waals surface area contributed by atoms with E-state index in [1.54, 1.807) is 0 Å². The minimum atomic E-state index is 0.549. The van der Waals surface area contributed by atoms with E-state index in [4.69, 9.17) is 15.1 Å². The second-order valence-corrected chi connectivity index (χ2v) is 6.65. The van der Waals surface area contributed by atoms with Crippen molar-refractivity contribution >= 4 is 16.9 Å².